The average Bonchev–Trinajstić information content (AvgIpc) is 2.11. The number of aliphatic hydroxyl groups excluding tert-OH is 2. The number of aliphatic hydroxyl groups is 3. The molecule has 0 radical (unpaired) electrons. The van der Waals surface area contributed by atoms with Crippen LogP contribution in [0, 0.1) is 5.92 Å². The lowest BCUT2D eigenvalue weighted by molar-refractivity contribution is -0.343. The van der Waals surface area contributed by atoms with Crippen molar-refractivity contribution in [3.05, 3.63) is 0 Å². The van der Waals surface area contributed by atoms with Crippen molar-refractivity contribution in [2.24, 2.45) is 5.92 Å². The molecule has 4 atom stereocenters. The van der Waals surface area contributed by atoms with E-state index in [-0.39, 0.29) is 0 Å². The summed E-state index contributed by atoms with van der Waals surface area (Å²) in [5.74, 6) is -5.70. The molecule has 100 valence electrons. The molecule has 0 aliphatic carbocycles. The van der Waals surface area contributed by atoms with E-state index in [4.69, 9.17) is 10.2 Å². The van der Waals surface area contributed by atoms with E-state index in [0.717, 1.165) is 0 Å². The highest BCUT2D eigenvalue weighted by atomic mass is 16.4. The van der Waals surface area contributed by atoms with Gasteiger partial charge in [0.05, 0.1) is 18.2 Å². The molecule has 7 nitrogen and oxygen atoms in total. The normalized spacial score (nSPS) is 20.1. The molecule has 0 bridgehead atoms. The van der Waals surface area contributed by atoms with Gasteiger partial charge in [0.15, 0.2) is 0 Å². The first kappa shape index (κ1) is 15.8. The van der Waals surface area contributed by atoms with Crippen molar-refractivity contribution < 1.29 is 35.1 Å². The summed E-state index contributed by atoms with van der Waals surface area (Å²) >= 11 is 0. The van der Waals surface area contributed by atoms with Gasteiger partial charge in [0, 0.05) is 18.3 Å². The number of hydrogen-bond donors (Lipinski definition) is 3. The van der Waals surface area contributed by atoms with Gasteiger partial charge < -0.3 is 35.1 Å². The maximum atomic E-state index is 10.8. The van der Waals surface area contributed by atoms with Crippen LogP contribution in [0.3, 0.4) is 0 Å². The summed E-state index contributed by atoms with van der Waals surface area (Å²) in [4.78, 5) is 21.7. The van der Waals surface area contributed by atoms with Gasteiger partial charge in [-0.2, -0.15) is 0 Å². The Kier molecular flexibility index (Phi) is 5.53. The van der Waals surface area contributed by atoms with Crippen LogP contribution >= 0.6 is 0 Å². The predicted molar refractivity (Wildman–Crippen MR) is 51.0 cm³/mol. The largest absolute Gasteiger partial charge is 0.550 e. The fourth-order valence-corrected chi connectivity index (χ4v) is 1.65. The van der Waals surface area contributed by atoms with Gasteiger partial charge in [-0.05, 0) is 20.3 Å². The third-order valence-corrected chi connectivity index (χ3v) is 2.40. The second-order valence-electron chi connectivity index (χ2n) is 4.22. The number of carbonyl (C=O) groups excluding carboxylic acids is 2. The van der Waals surface area contributed by atoms with E-state index in [9.17, 15) is 24.9 Å². The van der Waals surface area contributed by atoms with Crippen molar-refractivity contribution >= 4 is 11.9 Å². The van der Waals surface area contributed by atoms with E-state index in [1.54, 1.807) is 0 Å². The van der Waals surface area contributed by atoms with Crippen molar-refractivity contribution in [2.75, 3.05) is 0 Å². The second kappa shape index (κ2) is 5.95. The quantitative estimate of drug-likeness (QED) is 0.422. The summed E-state index contributed by atoms with van der Waals surface area (Å²) in [5, 5.41) is 49.6. The molecule has 0 saturated heterocycles. The Bertz CT molecular complexity index is 286. The number of aliphatic carboxylic acids is 2. The highest BCUT2D eigenvalue weighted by molar-refractivity contribution is 5.83. The van der Waals surface area contributed by atoms with Crippen LogP contribution in [-0.4, -0.2) is 45.1 Å². The molecule has 3 N–H and O–H groups in total. The number of carbonyl (C=O) groups is 2. The van der Waals surface area contributed by atoms with Gasteiger partial charge >= 0.3 is 0 Å². The number of hydrogen-bond acceptors (Lipinski definition) is 7. The van der Waals surface area contributed by atoms with Crippen molar-refractivity contribution in [3.8, 4) is 0 Å². The third-order valence-electron chi connectivity index (χ3n) is 2.40. The van der Waals surface area contributed by atoms with Crippen molar-refractivity contribution in [1.82, 2.24) is 0 Å². The Morgan fingerprint density at radius 1 is 1.18 bits per heavy atom. The van der Waals surface area contributed by atoms with Crippen LogP contribution in [-0.2, 0) is 9.59 Å². The molecule has 0 heterocycles. The summed E-state index contributed by atoms with van der Waals surface area (Å²) in [6.07, 6.45) is -3.62. The smallest absolute Gasteiger partial charge is 0.114 e. The predicted octanol–water partition coefficient (Wildman–Crippen LogP) is -3.62. The fourth-order valence-electron chi connectivity index (χ4n) is 1.65. The lowest BCUT2D eigenvalue weighted by Crippen LogP contribution is -2.60. The summed E-state index contributed by atoms with van der Waals surface area (Å²) in [5.41, 5.74) is -2.77. The lowest BCUT2D eigenvalue weighted by atomic mass is 9.80. The lowest BCUT2D eigenvalue weighted by Gasteiger charge is -2.39. The Hall–Kier alpha value is -1.18. The van der Waals surface area contributed by atoms with Gasteiger partial charge in [0.1, 0.15) is 5.60 Å². The molecular weight excluding hydrogens is 232 g/mol. The van der Waals surface area contributed by atoms with Crippen molar-refractivity contribution in [3.63, 3.8) is 0 Å². The second-order valence-corrected chi connectivity index (χ2v) is 4.22. The molecule has 0 amide bonds. The Balaban J connectivity index is 5.22. The zero-order chi connectivity index (χ0) is 13.8. The van der Waals surface area contributed by atoms with Crippen LogP contribution in [0.4, 0.5) is 0 Å². The van der Waals surface area contributed by atoms with Crippen molar-refractivity contribution in [2.45, 2.75) is 44.5 Å². The minimum atomic E-state index is -2.77. The topological polar surface area (TPSA) is 141 Å². The number of rotatable bonds is 7. The highest BCUT2D eigenvalue weighted by Gasteiger charge is 2.40. The summed E-state index contributed by atoms with van der Waals surface area (Å²) < 4.78 is 0. The first-order valence-corrected chi connectivity index (χ1v) is 5.12. The van der Waals surface area contributed by atoms with Crippen LogP contribution in [0.25, 0.3) is 0 Å². The highest BCUT2D eigenvalue weighted by Crippen LogP contribution is 2.27. The maximum absolute atomic E-state index is 10.8. The standard InChI is InChI=1S/C10H18O7/c1-5(11)3-7(8(13)14)10(17,9(15)16)4-6(2)12/h5-7,11-12,17H,3-4H2,1-2H3,(H,13,14)(H,15,16)/p-2. The molecule has 0 spiro atoms. The van der Waals surface area contributed by atoms with E-state index >= 15 is 0 Å². The van der Waals surface area contributed by atoms with Gasteiger partial charge in [-0.3, -0.25) is 0 Å². The van der Waals surface area contributed by atoms with E-state index in [2.05, 4.69) is 0 Å². The number of carboxylic acid groups (broad SMARTS) is 2. The zero-order valence-corrected chi connectivity index (χ0v) is 9.62. The van der Waals surface area contributed by atoms with Crippen LogP contribution in [0.2, 0.25) is 0 Å². The van der Waals surface area contributed by atoms with Gasteiger partial charge in [-0.15, -0.1) is 0 Å². The van der Waals surface area contributed by atoms with E-state index in [0.29, 0.717) is 0 Å². The molecule has 0 saturated carbocycles. The molecule has 17 heavy (non-hydrogen) atoms. The minimum Gasteiger partial charge on any atom is -0.550 e. The van der Waals surface area contributed by atoms with Gasteiger partial charge in [0.2, 0.25) is 0 Å². The first-order valence-electron chi connectivity index (χ1n) is 5.12. The molecule has 0 rings (SSSR count). The minimum absolute atomic E-state index is 0.514. The van der Waals surface area contributed by atoms with Crippen LogP contribution in [0.15, 0.2) is 0 Å². The monoisotopic (exact) mass is 248 g/mol. The molecule has 0 aromatic rings. The Labute approximate surface area is 98.3 Å². The maximum Gasteiger partial charge on any atom is 0.114 e. The molecule has 7 heteroatoms. The molecule has 0 aliphatic heterocycles. The van der Waals surface area contributed by atoms with Crippen molar-refractivity contribution in [1.29, 1.82) is 0 Å². The van der Waals surface area contributed by atoms with Gasteiger partial charge in [0.25, 0.3) is 0 Å². The molecule has 0 aromatic heterocycles. The van der Waals surface area contributed by atoms with Crippen LogP contribution in [0.5, 0.6) is 0 Å². The summed E-state index contributed by atoms with van der Waals surface area (Å²) in [6.45, 7) is 2.44. The third kappa shape index (κ3) is 4.29. The van der Waals surface area contributed by atoms with Gasteiger partial charge in [-0.25, -0.2) is 0 Å². The molecule has 0 aliphatic rings. The molecular formula is C10H16O7-2. The van der Waals surface area contributed by atoms with E-state index < -0.39 is 48.5 Å². The summed E-state index contributed by atoms with van der Waals surface area (Å²) in [7, 11) is 0. The van der Waals surface area contributed by atoms with E-state index in [1.807, 2.05) is 0 Å². The van der Waals surface area contributed by atoms with Crippen LogP contribution in [0.1, 0.15) is 26.7 Å². The molecule has 0 aromatic carbocycles. The molecule has 0 fully saturated rings. The molecule has 4 unspecified atom stereocenters. The zero-order valence-electron chi connectivity index (χ0n) is 9.62. The number of carboxylic acids is 2. The SMILES string of the molecule is CC(O)CC(C(=O)[O-])C(O)(CC(C)O)C(=O)[O-]. The van der Waals surface area contributed by atoms with Gasteiger partial charge in [-0.1, -0.05) is 0 Å². The van der Waals surface area contributed by atoms with Crippen LogP contribution < -0.4 is 10.2 Å². The van der Waals surface area contributed by atoms with E-state index in [1.165, 1.54) is 13.8 Å². The Morgan fingerprint density at radius 2 is 1.65 bits per heavy atom. The average molecular weight is 248 g/mol. The first-order chi connectivity index (χ1) is 7.61. The summed E-state index contributed by atoms with van der Waals surface area (Å²) in [6, 6.07) is 0. The fraction of sp³-hybridized carbons (Fsp3) is 0.800. The Morgan fingerprint density at radius 3 is 1.88 bits per heavy atom.